The Morgan fingerprint density at radius 2 is 2.15 bits per heavy atom. The molecule has 1 aromatic carbocycles. The van der Waals surface area contributed by atoms with Gasteiger partial charge in [-0.1, -0.05) is 25.4 Å². The van der Waals surface area contributed by atoms with Crippen molar-refractivity contribution in [1.82, 2.24) is 5.32 Å². The number of carbonyl (C=O) groups is 1. The smallest absolute Gasteiger partial charge is 0.251 e. The van der Waals surface area contributed by atoms with Gasteiger partial charge in [0, 0.05) is 18.7 Å². The summed E-state index contributed by atoms with van der Waals surface area (Å²) < 4.78 is 18.5. The molecule has 1 amide bonds. The van der Waals surface area contributed by atoms with Gasteiger partial charge in [-0.3, -0.25) is 4.79 Å². The number of aliphatic hydroxyl groups is 1. The van der Waals surface area contributed by atoms with Crippen molar-refractivity contribution in [1.29, 1.82) is 0 Å². The van der Waals surface area contributed by atoms with Crippen molar-refractivity contribution in [2.75, 3.05) is 19.8 Å². The van der Waals surface area contributed by atoms with E-state index >= 15 is 0 Å². The molecule has 6 heteroatoms. The van der Waals surface area contributed by atoms with Crippen LogP contribution in [-0.2, 0) is 4.74 Å². The lowest BCUT2D eigenvalue weighted by Crippen LogP contribution is -2.34. The predicted molar refractivity (Wildman–Crippen MR) is 75.4 cm³/mol. The predicted octanol–water partition coefficient (Wildman–Crippen LogP) is 2.24. The SMILES string of the molecule is CC(C)COCC(O)CNC(=O)c1ccc(Cl)c(F)c1. The van der Waals surface area contributed by atoms with Gasteiger partial charge >= 0.3 is 0 Å². The molecule has 0 saturated carbocycles. The summed E-state index contributed by atoms with van der Waals surface area (Å²) in [7, 11) is 0. The minimum Gasteiger partial charge on any atom is -0.389 e. The number of hydrogen-bond donors (Lipinski definition) is 2. The third kappa shape index (κ3) is 5.86. The average molecular weight is 304 g/mol. The van der Waals surface area contributed by atoms with Crippen molar-refractivity contribution >= 4 is 17.5 Å². The fraction of sp³-hybridized carbons (Fsp3) is 0.500. The summed E-state index contributed by atoms with van der Waals surface area (Å²) in [6.45, 7) is 4.74. The number of hydrogen-bond acceptors (Lipinski definition) is 3. The molecule has 0 bridgehead atoms. The van der Waals surface area contributed by atoms with Crippen LogP contribution in [0.4, 0.5) is 4.39 Å². The van der Waals surface area contributed by atoms with E-state index in [0.717, 1.165) is 6.07 Å². The van der Waals surface area contributed by atoms with Gasteiger partial charge in [0.1, 0.15) is 5.82 Å². The summed E-state index contributed by atoms with van der Waals surface area (Å²) in [6.07, 6.45) is -0.796. The number of nitrogens with one attached hydrogen (secondary N) is 1. The van der Waals surface area contributed by atoms with E-state index in [0.29, 0.717) is 12.5 Å². The number of amides is 1. The Bertz CT molecular complexity index is 454. The first-order valence-corrected chi connectivity index (χ1v) is 6.77. The second kappa shape index (κ2) is 8.19. The molecule has 1 aromatic rings. The largest absolute Gasteiger partial charge is 0.389 e. The average Bonchev–Trinajstić information content (AvgIpc) is 2.38. The van der Waals surface area contributed by atoms with E-state index in [1.165, 1.54) is 12.1 Å². The molecule has 1 rings (SSSR count). The highest BCUT2D eigenvalue weighted by molar-refractivity contribution is 6.30. The van der Waals surface area contributed by atoms with Crippen LogP contribution in [-0.4, -0.2) is 36.9 Å². The number of aliphatic hydroxyl groups excluding tert-OH is 1. The Morgan fingerprint density at radius 3 is 2.75 bits per heavy atom. The Labute approximate surface area is 122 Å². The van der Waals surface area contributed by atoms with Gasteiger partial charge in [0.15, 0.2) is 0 Å². The first-order chi connectivity index (χ1) is 9.40. The van der Waals surface area contributed by atoms with E-state index < -0.39 is 17.8 Å². The van der Waals surface area contributed by atoms with Crippen molar-refractivity contribution in [3.8, 4) is 0 Å². The van der Waals surface area contributed by atoms with Gasteiger partial charge in [0.25, 0.3) is 5.91 Å². The van der Waals surface area contributed by atoms with Crippen LogP contribution in [0.15, 0.2) is 18.2 Å². The maximum Gasteiger partial charge on any atom is 0.251 e. The molecule has 0 aliphatic heterocycles. The van der Waals surface area contributed by atoms with Gasteiger partial charge in [-0.25, -0.2) is 4.39 Å². The van der Waals surface area contributed by atoms with Gasteiger partial charge in [0.05, 0.1) is 17.7 Å². The van der Waals surface area contributed by atoms with Gasteiger partial charge in [-0.05, 0) is 24.1 Å². The van der Waals surface area contributed by atoms with Crippen molar-refractivity contribution in [2.45, 2.75) is 20.0 Å². The molecule has 4 nitrogen and oxygen atoms in total. The van der Waals surface area contributed by atoms with Crippen LogP contribution in [0, 0.1) is 11.7 Å². The summed E-state index contributed by atoms with van der Waals surface area (Å²) in [5.41, 5.74) is 0.155. The van der Waals surface area contributed by atoms with Crippen LogP contribution < -0.4 is 5.32 Å². The fourth-order valence-corrected chi connectivity index (χ4v) is 1.57. The second-order valence-electron chi connectivity index (χ2n) is 4.92. The Balaban J connectivity index is 2.37. The molecule has 1 unspecified atom stereocenters. The minimum atomic E-state index is -0.796. The molecule has 0 aliphatic carbocycles. The Kier molecular flexibility index (Phi) is 6.91. The van der Waals surface area contributed by atoms with Crippen LogP contribution in [0.25, 0.3) is 0 Å². The monoisotopic (exact) mass is 303 g/mol. The number of ether oxygens (including phenoxy) is 1. The van der Waals surface area contributed by atoms with Crippen molar-refractivity contribution in [3.63, 3.8) is 0 Å². The summed E-state index contributed by atoms with van der Waals surface area (Å²) in [5.74, 6) is -0.738. The normalized spacial score (nSPS) is 12.5. The van der Waals surface area contributed by atoms with E-state index in [1.54, 1.807) is 0 Å². The van der Waals surface area contributed by atoms with Crippen molar-refractivity contribution in [3.05, 3.63) is 34.6 Å². The molecule has 0 spiro atoms. The van der Waals surface area contributed by atoms with Crippen LogP contribution in [0.1, 0.15) is 24.2 Å². The number of benzene rings is 1. The number of halogens is 2. The second-order valence-corrected chi connectivity index (χ2v) is 5.33. The molecular formula is C14H19ClFNO3. The molecule has 20 heavy (non-hydrogen) atoms. The van der Waals surface area contributed by atoms with E-state index in [4.69, 9.17) is 16.3 Å². The standard InChI is InChI=1S/C14H19ClFNO3/c1-9(2)7-20-8-11(18)6-17-14(19)10-3-4-12(15)13(16)5-10/h3-5,9,11,18H,6-8H2,1-2H3,(H,17,19). The van der Waals surface area contributed by atoms with Crippen molar-refractivity contribution < 1.29 is 19.0 Å². The van der Waals surface area contributed by atoms with E-state index in [9.17, 15) is 14.3 Å². The molecular weight excluding hydrogens is 285 g/mol. The van der Waals surface area contributed by atoms with Gasteiger partial charge < -0.3 is 15.2 Å². The zero-order valence-electron chi connectivity index (χ0n) is 11.5. The molecule has 0 heterocycles. The molecule has 0 aliphatic rings. The van der Waals surface area contributed by atoms with E-state index in [1.807, 2.05) is 13.8 Å². The maximum atomic E-state index is 13.2. The molecule has 0 radical (unpaired) electrons. The summed E-state index contributed by atoms with van der Waals surface area (Å²) >= 11 is 5.53. The molecule has 112 valence electrons. The fourth-order valence-electron chi connectivity index (χ4n) is 1.45. The first kappa shape index (κ1) is 16.9. The zero-order chi connectivity index (χ0) is 15.1. The number of rotatable bonds is 7. The van der Waals surface area contributed by atoms with Crippen LogP contribution in [0.5, 0.6) is 0 Å². The van der Waals surface area contributed by atoms with E-state index in [-0.39, 0.29) is 23.7 Å². The summed E-state index contributed by atoms with van der Waals surface area (Å²) in [4.78, 5) is 11.7. The third-order valence-electron chi connectivity index (χ3n) is 2.44. The van der Waals surface area contributed by atoms with Crippen molar-refractivity contribution in [2.24, 2.45) is 5.92 Å². The Morgan fingerprint density at radius 1 is 1.45 bits per heavy atom. The molecule has 0 saturated heterocycles. The first-order valence-electron chi connectivity index (χ1n) is 6.39. The topological polar surface area (TPSA) is 58.6 Å². The quantitative estimate of drug-likeness (QED) is 0.812. The highest BCUT2D eigenvalue weighted by atomic mass is 35.5. The Hall–Kier alpha value is -1.17. The highest BCUT2D eigenvalue weighted by Crippen LogP contribution is 2.15. The lowest BCUT2D eigenvalue weighted by Gasteiger charge is -2.13. The lowest BCUT2D eigenvalue weighted by molar-refractivity contribution is 0.0259. The zero-order valence-corrected chi connectivity index (χ0v) is 12.3. The minimum absolute atomic E-state index is 0.0383. The molecule has 2 N–H and O–H groups in total. The highest BCUT2D eigenvalue weighted by Gasteiger charge is 2.11. The van der Waals surface area contributed by atoms with E-state index in [2.05, 4.69) is 5.32 Å². The molecule has 1 atom stereocenters. The summed E-state index contributed by atoms with van der Waals surface area (Å²) in [6, 6.07) is 3.79. The lowest BCUT2D eigenvalue weighted by atomic mass is 10.2. The van der Waals surface area contributed by atoms with Crippen LogP contribution >= 0.6 is 11.6 Å². The van der Waals surface area contributed by atoms with Gasteiger partial charge in [0.2, 0.25) is 0 Å². The van der Waals surface area contributed by atoms with Gasteiger partial charge in [-0.2, -0.15) is 0 Å². The molecule has 0 aromatic heterocycles. The van der Waals surface area contributed by atoms with Gasteiger partial charge in [-0.15, -0.1) is 0 Å². The van der Waals surface area contributed by atoms with Crippen LogP contribution in [0.2, 0.25) is 5.02 Å². The third-order valence-corrected chi connectivity index (χ3v) is 2.75. The van der Waals surface area contributed by atoms with Crippen LogP contribution in [0.3, 0.4) is 0 Å². The maximum absolute atomic E-state index is 13.2. The summed E-state index contributed by atoms with van der Waals surface area (Å²) in [5, 5.41) is 12.1. The molecule has 0 fully saturated rings. The number of carbonyl (C=O) groups excluding carboxylic acids is 1.